The molecule has 0 saturated carbocycles. The summed E-state index contributed by atoms with van der Waals surface area (Å²) in [6.45, 7) is 5.03. The number of rotatable bonds is 6. The zero-order valence-electron chi connectivity index (χ0n) is 13.8. The van der Waals surface area contributed by atoms with Gasteiger partial charge in [-0.25, -0.2) is 0 Å². The zero-order chi connectivity index (χ0) is 17.7. The molecule has 2 rings (SSSR count). The van der Waals surface area contributed by atoms with Gasteiger partial charge in [0.2, 0.25) is 11.8 Å². The minimum Gasteiger partial charge on any atom is -0.354 e. The molecule has 1 fully saturated rings. The van der Waals surface area contributed by atoms with Crippen LogP contribution in [0.1, 0.15) is 30.6 Å². The van der Waals surface area contributed by atoms with E-state index in [-0.39, 0.29) is 36.1 Å². The van der Waals surface area contributed by atoms with Gasteiger partial charge in [0.15, 0.2) is 0 Å². The van der Waals surface area contributed by atoms with Crippen molar-refractivity contribution in [3.8, 4) is 0 Å². The topological polar surface area (TPSA) is 78.5 Å². The average Bonchev–Trinajstić information content (AvgIpc) is 2.94. The fraction of sp³-hybridized carbons (Fsp3) is 0.471. The van der Waals surface area contributed by atoms with Crippen molar-refractivity contribution in [2.24, 2.45) is 5.92 Å². The third kappa shape index (κ3) is 4.80. The summed E-state index contributed by atoms with van der Waals surface area (Å²) in [5, 5.41) is 5.53. The molecular formula is C17H22BrN3O3. The number of hydrogen-bond acceptors (Lipinski definition) is 3. The van der Waals surface area contributed by atoms with Crippen molar-refractivity contribution in [3.05, 3.63) is 34.3 Å². The van der Waals surface area contributed by atoms with Gasteiger partial charge in [0, 0.05) is 42.1 Å². The van der Waals surface area contributed by atoms with Gasteiger partial charge in [-0.15, -0.1) is 0 Å². The lowest BCUT2D eigenvalue weighted by Crippen LogP contribution is -2.39. The Hall–Kier alpha value is -1.89. The maximum Gasteiger partial charge on any atom is 0.251 e. The van der Waals surface area contributed by atoms with Gasteiger partial charge in [-0.2, -0.15) is 0 Å². The average molecular weight is 396 g/mol. The Morgan fingerprint density at radius 2 is 1.83 bits per heavy atom. The van der Waals surface area contributed by atoms with E-state index >= 15 is 0 Å². The Morgan fingerprint density at radius 1 is 1.21 bits per heavy atom. The number of likely N-dealkylation sites (tertiary alicyclic amines) is 1. The van der Waals surface area contributed by atoms with Crippen LogP contribution in [0.5, 0.6) is 0 Å². The van der Waals surface area contributed by atoms with Gasteiger partial charge in [-0.3, -0.25) is 14.4 Å². The van der Waals surface area contributed by atoms with E-state index in [9.17, 15) is 14.4 Å². The van der Waals surface area contributed by atoms with Gasteiger partial charge < -0.3 is 15.5 Å². The van der Waals surface area contributed by atoms with Crippen LogP contribution in [-0.4, -0.2) is 48.3 Å². The minimum atomic E-state index is -0.304. The van der Waals surface area contributed by atoms with Crippen LogP contribution in [0.25, 0.3) is 0 Å². The van der Waals surface area contributed by atoms with Gasteiger partial charge in [-0.05, 0) is 38.1 Å². The van der Waals surface area contributed by atoms with Gasteiger partial charge in [0.25, 0.3) is 5.91 Å². The van der Waals surface area contributed by atoms with Gasteiger partial charge in [-0.1, -0.05) is 15.9 Å². The summed E-state index contributed by atoms with van der Waals surface area (Å²) in [5.74, 6) is -0.598. The van der Waals surface area contributed by atoms with Crippen LogP contribution in [0.4, 0.5) is 0 Å². The van der Waals surface area contributed by atoms with Crippen LogP contribution >= 0.6 is 15.9 Å². The number of nitrogens with one attached hydrogen (secondary N) is 2. The van der Waals surface area contributed by atoms with E-state index in [2.05, 4.69) is 26.6 Å². The quantitative estimate of drug-likeness (QED) is 0.717. The fourth-order valence-electron chi connectivity index (χ4n) is 2.62. The van der Waals surface area contributed by atoms with Gasteiger partial charge >= 0.3 is 0 Å². The number of amides is 3. The van der Waals surface area contributed by atoms with E-state index in [1.165, 1.54) is 0 Å². The highest BCUT2D eigenvalue weighted by Gasteiger charge is 2.35. The van der Waals surface area contributed by atoms with Crippen molar-refractivity contribution in [1.82, 2.24) is 15.5 Å². The van der Waals surface area contributed by atoms with E-state index < -0.39 is 0 Å². The van der Waals surface area contributed by atoms with Gasteiger partial charge in [0.1, 0.15) is 0 Å². The van der Waals surface area contributed by atoms with Crippen molar-refractivity contribution < 1.29 is 14.4 Å². The third-order valence-corrected chi connectivity index (χ3v) is 4.50. The molecule has 0 radical (unpaired) electrons. The first-order chi connectivity index (χ1) is 11.4. The largest absolute Gasteiger partial charge is 0.354 e. The smallest absolute Gasteiger partial charge is 0.251 e. The lowest BCUT2D eigenvalue weighted by Gasteiger charge is -2.20. The van der Waals surface area contributed by atoms with Crippen LogP contribution in [0.3, 0.4) is 0 Å². The molecule has 1 heterocycles. The molecule has 24 heavy (non-hydrogen) atoms. The molecule has 0 aromatic heterocycles. The highest BCUT2D eigenvalue weighted by molar-refractivity contribution is 9.10. The number of benzene rings is 1. The molecule has 1 aliphatic heterocycles. The summed E-state index contributed by atoms with van der Waals surface area (Å²) in [5.41, 5.74) is 0.568. The predicted octanol–water partition coefficient (Wildman–Crippen LogP) is 1.55. The molecule has 0 bridgehead atoms. The number of carbonyl (C=O) groups is 3. The van der Waals surface area contributed by atoms with Crippen molar-refractivity contribution in [2.75, 3.05) is 19.6 Å². The van der Waals surface area contributed by atoms with Crippen molar-refractivity contribution in [2.45, 2.75) is 26.3 Å². The Kier molecular flexibility index (Phi) is 6.36. The summed E-state index contributed by atoms with van der Waals surface area (Å²) in [7, 11) is 0. The molecule has 1 atom stereocenters. The van der Waals surface area contributed by atoms with Crippen LogP contribution in [-0.2, 0) is 9.59 Å². The first-order valence-corrected chi connectivity index (χ1v) is 8.78. The Balaban J connectivity index is 1.71. The number of nitrogens with zero attached hydrogens (tertiary/aromatic N) is 1. The summed E-state index contributed by atoms with van der Waals surface area (Å²) in [6.07, 6.45) is 0.259. The second-order valence-electron chi connectivity index (χ2n) is 6.09. The van der Waals surface area contributed by atoms with E-state index in [1.807, 2.05) is 13.8 Å². The highest BCUT2D eigenvalue weighted by atomic mass is 79.9. The molecule has 0 spiro atoms. The monoisotopic (exact) mass is 395 g/mol. The van der Waals surface area contributed by atoms with Crippen LogP contribution < -0.4 is 10.6 Å². The second-order valence-corrected chi connectivity index (χ2v) is 7.01. The molecule has 1 aliphatic rings. The standard InChI is InChI=1S/C17H22BrN3O3/c1-11(2)21-10-13(9-15(21)22)17(24)20-8-7-19-16(23)12-3-5-14(18)6-4-12/h3-6,11,13H,7-10H2,1-2H3,(H,19,23)(H,20,24). The van der Waals surface area contributed by atoms with Crippen molar-refractivity contribution >= 4 is 33.7 Å². The summed E-state index contributed by atoms with van der Waals surface area (Å²) >= 11 is 3.32. The van der Waals surface area contributed by atoms with Crippen LogP contribution in [0, 0.1) is 5.92 Å². The number of hydrogen-bond donors (Lipinski definition) is 2. The summed E-state index contributed by atoms with van der Waals surface area (Å²) in [6, 6.07) is 7.16. The van der Waals surface area contributed by atoms with E-state index in [0.717, 1.165) is 4.47 Å². The lowest BCUT2D eigenvalue weighted by molar-refractivity contribution is -0.129. The molecule has 2 N–H and O–H groups in total. The molecule has 1 saturated heterocycles. The van der Waals surface area contributed by atoms with Crippen molar-refractivity contribution in [3.63, 3.8) is 0 Å². The number of carbonyl (C=O) groups excluding carboxylic acids is 3. The summed E-state index contributed by atoms with van der Waals surface area (Å²) < 4.78 is 0.910. The Bertz CT molecular complexity index is 616. The molecular weight excluding hydrogens is 374 g/mol. The maximum absolute atomic E-state index is 12.1. The molecule has 1 aromatic rings. The normalized spacial score (nSPS) is 17.2. The molecule has 130 valence electrons. The molecule has 6 nitrogen and oxygen atoms in total. The molecule has 0 aliphatic carbocycles. The van der Waals surface area contributed by atoms with Crippen molar-refractivity contribution in [1.29, 1.82) is 0 Å². The summed E-state index contributed by atoms with van der Waals surface area (Å²) in [4.78, 5) is 37.6. The predicted molar refractivity (Wildman–Crippen MR) is 94.4 cm³/mol. The Labute approximate surface area is 150 Å². The maximum atomic E-state index is 12.1. The van der Waals surface area contributed by atoms with E-state index in [4.69, 9.17) is 0 Å². The molecule has 1 unspecified atom stereocenters. The van der Waals surface area contributed by atoms with Crippen LogP contribution in [0.2, 0.25) is 0 Å². The zero-order valence-corrected chi connectivity index (χ0v) is 15.4. The van der Waals surface area contributed by atoms with Crippen LogP contribution in [0.15, 0.2) is 28.7 Å². The number of halogens is 1. The second kappa shape index (κ2) is 8.28. The molecule has 1 aromatic carbocycles. The van der Waals surface area contributed by atoms with Gasteiger partial charge in [0.05, 0.1) is 5.92 Å². The minimum absolute atomic E-state index is 0.0219. The molecule has 7 heteroatoms. The van der Waals surface area contributed by atoms with E-state index in [1.54, 1.807) is 29.2 Å². The fourth-order valence-corrected chi connectivity index (χ4v) is 2.88. The first kappa shape index (κ1) is 18.4. The Morgan fingerprint density at radius 3 is 2.42 bits per heavy atom. The third-order valence-electron chi connectivity index (χ3n) is 3.97. The SMILES string of the molecule is CC(C)N1CC(C(=O)NCCNC(=O)c2ccc(Br)cc2)CC1=O. The van der Waals surface area contributed by atoms with E-state index in [0.29, 0.717) is 25.2 Å². The molecule has 3 amide bonds. The lowest BCUT2D eigenvalue weighted by atomic mass is 10.1. The first-order valence-electron chi connectivity index (χ1n) is 7.99. The highest BCUT2D eigenvalue weighted by Crippen LogP contribution is 2.20.